The molecule has 0 aliphatic carbocycles. The molecule has 2 heterocycles. The predicted molar refractivity (Wildman–Crippen MR) is 139 cm³/mol. The molecule has 0 spiro atoms. The lowest BCUT2D eigenvalue weighted by atomic mass is 10.0. The van der Waals surface area contributed by atoms with Gasteiger partial charge in [-0.05, 0) is 54.4 Å². The molecule has 202 valence electrons. The van der Waals surface area contributed by atoms with Crippen molar-refractivity contribution in [3.05, 3.63) is 59.4 Å². The molecule has 1 aromatic heterocycles. The van der Waals surface area contributed by atoms with Gasteiger partial charge in [-0.3, -0.25) is 34.1 Å². The molecular formula is C26H31N5O6S. The largest absolute Gasteiger partial charge is 0.480 e. The molecule has 2 bridgehead atoms. The van der Waals surface area contributed by atoms with E-state index in [0.717, 1.165) is 22.2 Å². The second kappa shape index (κ2) is 14.4. The van der Waals surface area contributed by atoms with Crippen molar-refractivity contribution in [2.75, 3.05) is 39.3 Å². The van der Waals surface area contributed by atoms with Crippen molar-refractivity contribution in [1.29, 1.82) is 5.26 Å². The van der Waals surface area contributed by atoms with Crippen LogP contribution in [0.1, 0.15) is 23.4 Å². The number of aliphatic carboxylic acids is 3. The van der Waals surface area contributed by atoms with E-state index in [2.05, 4.69) is 4.98 Å². The third-order valence-corrected chi connectivity index (χ3v) is 6.84. The first kappa shape index (κ1) is 29.1. The van der Waals surface area contributed by atoms with Gasteiger partial charge in [-0.1, -0.05) is 18.2 Å². The third-order valence-electron chi connectivity index (χ3n) is 6.24. The summed E-state index contributed by atoms with van der Waals surface area (Å²) >= 11 is 1.07. The molecule has 11 nitrogen and oxygen atoms in total. The van der Waals surface area contributed by atoms with Gasteiger partial charge in [-0.15, -0.1) is 0 Å². The van der Waals surface area contributed by atoms with Gasteiger partial charge in [0.05, 0.1) is 31.0 Å². The number of hydrogen-bond donors (Lipinski definition) is 3. The number of thioether (sulfide) groups is 1. The number of nitrogens with zero attached hydrogens (tertiary/aromatic N) is 5. The fraction of sp³-hybridized carbons (Fsp3) is 0.423. The molecule has 0 amide bonds. The molecule has 2 aromatic rings. The van der Waals surface area contributed by atoms with E-state index < -0.39 is 17.9 Å². The second-order valence-corrected chi connectivity index (χ2v) is 10.0. The van der Waals surface area contributed by atoms with Gasteiger partial charge in [0.2, 0.25) is 0 Å². The van der Waals surface area contributed by atoms with Gasteiger partial charge in [0.15, 0.2) is 0 Å². The van der Waals surface area contributed by atoms with Crippen LogP contribution in [-0.2, 0) is 33.9 Å². The Hall–Kier alpha value is -3.50. The van der Waals surface area contributed by atoms with Crippen LogP contribution in [0.25, 0.3) is 0 Å². The number of aromatic nitrogens is 1. The minimum absolute atomic E-state index is 0.207. The Kier molecular flexibility index (Phi) is 11.0. The van der Waals surface area contributed by atoms with Crippen LogP contribution in [0.4, 0.5) is 0 Å². The lowest BCUT2D eigenvalue weighted by molar-refractivity contribution is -0.141. The Morgan fingerprint density at radius 3 is 2.13 bits per heavy atom. The highest BCUT2D eigenvalue weighted by Gasteiger charge is 2.26. The summed E-state index contributed by atoms with van der Waals surface area (Å²) in [5, 5.41) is 39.5. The predicted octanol–water partition coefficient (Wildman–Crippen LogP) is 1.83. The van der Waals surface area contributed by atoms with Gasteiger partial charge < -0.3 is 15.3 Å². The zero-order chi connectivity index (χ0) is 27.5. The van der Waals surface area contributed by atoms with Crippen molar-refractivity contribution in [1.82, 2.24) is 19.7 Å². The molecule has 1 aliphatic heterocycles. The van der Waals surface area contributed by atoms with Crippen LogP contribution in [0, 0.1) is 10.7 Å². The van der Waals surface area contributed by atoms with E-state index >= 15 is 0 Å². The first-order chi connectivity index (χ1) is 18.2. The monoisotopic (exact) mass is 541 g/mol. The highest BCUT2D eigenvalue weighted by atomic mass is 32.2. The number of carboxylic acid groups (broad SMARTS) is 3. The van der Waals surface area contributed by atoms with Crippen molar-refractivity contribution >= 4 is 29.7 Å². The number of carboxylic acids is 3. The second-order valence-electron chi connectivity index (χ2n) is 9.18. The molecule has 1 atom stereocenters. The van der Waals surface area contributed by atoms with Gasteiger partial charge in [0, 0.05) is 43.7 Å². The first-order valence-corrected chi connectivity index (χ1v) is 13.0. The summed E-state index contributed by atoms with van der Waals surface area (Å²) in [6, 6.07) is 12.7. The molecule has 3 N–H and O–H groups in total. The maximum atomic E-state index is 11.8. The minimum atomic E-state index is -1.01. The van der Waals surface area contributed by atoms with E-state index in [0.29, 0.717) is 43.9 Å². The number of fused-ring (bicyclic) bond motifs is 2. The van der Waals surface area contributed by atoms with Gasteiger partial charge in [-0.2, -0.15) is 5.26 Å². The van der Waals surface area contributed by atoms with Gasteiger partial charge in [0.1, 0.15) is 5.40 Å². The number of thiocyanates is 1. The number of aryl methyl sites for hydroxylation is 1. The van der Waals surface area contributed by atoms with Crippen LogP contribution in [0.2, 0.25) is 0 Å². The van der Waals surface area contributed by atoms with Crippen molar-refractivity contribution in [2.24, 2.45) is 0 Å². The first-order valence-electron chi connectivity index (χ1n) is 12.2. The van der Waals surface area contributed by atoms with E-state index in [-0.39, 0.29) is 38.8 Å². The van der Waals surface area contributed by atoms with Gasteiger partial charge in [-0.25, -0.2) is 0 Å². The van der Waals surface area contributed by atoms with E-state index in [4.69, 9.17) is 5.26 Å². The number of nitriles is 1. The third kappa shape index (κ3) is 9.75. The van der Waals surface area contributed by atoms with Crippen molar-refractivity contribution in [2.45, 2.75) is 36.9 Å². The van der Waals surface area contributed by atoms with E-state index in [1.165, 1.54) is 0 Å². The van der Waals surface area contributed by atoms with Gasteiger partial charge in [0.25, 0.3) is 0 Å². The molecule has 3 rings (SSSR count). The fourth-order valence-corrected chi connectivity index (χ4v) is 4.92. The Bertz CT molecular complexity index is 1160. The summed E-state index contributed by atoms with van der Waals surface area (Å²) in [6.45, 7) is 0.754. The fourth-order valence-electron chi connectivity index (χ4n) is 4.54. The number of carbonyl (C=O) groups is 3. The molecule has 0 saturated carbocycles. The summed E-state index contributed by atoms with van der Waals surface area (Å²) in [5.74, 6) is -2.99. The SMILES string of the molecule is N#CSc1ccc(CCC2CN(CC(=O)O)CCN(CC(=O)O)Cc3cccc(n3)CN2CC(=O)O)cc1. The van der Waals surface area contributed by atoms with Crippen LogP contribution in [0.15, 0.2) is 47.4 Å². The molecule has 0 saturated heterocycles. The number of hydrogen-bond acceptors (Lipinski definition) is 9. The van der Waals surface area contributed by atoms with E-state index in [1.54, 1.807) is 15.9 Å². The molecular weight excluding hydrogens is 510 g/mol. The molecule has 12 heteroatoms. The lowest BCUT2D eigenvalue weighted by Crippen LogP contribution is -2.49. The van der Waals surface area contributed by atoms with Crippen LogP contribution >= 0.6 is 11.8 Å². The summed E-state index contributed by atoms with van der Waals surface area (Å²) in [4.78, 5) is 45.7. The standard InChI is InChI=1S/C26H31N5O6S/c27-18-38-23-8-5-19(6-9-23)4-7-22-14-30(16-25(34)35)11-10-29(15-24(32)33)12-20-2-1-3-21(28-20)13-31(22)17-26(36)37/h1-3,5-6,8-9,22H,4,7,10-17H2,(H,32,33)(H,34,35)(H,36,37). The summed E-state index contributed by atoms with van der Waals surface area (Å²) in [5.41, 5.74) is 2.34. The Balaban J connectivity index is 1.91. The zero-order valence-electron chi connectivity index (χ0n) is 20.9. The Morgan fingerprint density at radius 2 is 1.50 bits per heavy atom. The molecule has 0 radical (unpaired) electrons. The molecule has 1 aromatic carbocycles. The summed E-state index contributed by atoms with van der Waals surface area (Å²) in [6.07, 6.45) is 1.18. The van der Waals surface area contributed by atoms with Crippen LogP contribution < -0.4 is 0 Å². The van der Waals surface area contributed by atoms with Crippen molar-refractivity contribution in [3.63, 3.8) is 0 Å². The number of rotatable bonds is 10. The van der Waals surface area contributed by atoms with Gasteiger partial charge >= 0.3 is 17.9 Å². The normalized spacial score (nSPS) is 17.6. The molecule has 38 heavy (non-hydrogen) atoms. The highest BCUT2D eigenvalue weighted by molar-refractivity contribution is 8.03. The Morgan fingerprint density at radius 1 is 0.895 bits per heavy atom. The maximum Gasteiger partial charge on any atom is 0.317 e. The smallest absolute Gasteiger partial charge is 0.317 e. The van der Waals surface area contributed by atoms with Crippen LogP contribution in [-0.4, -0.2) is 98.2 Å². The average Bonchev–Trinajstić information content (AvgIpc) is 2.84. The quantitative estimate of drug-likeness (QED) is 0.296. The summed E-state index contributed by atoms with van der Waals surface area (Å²) < 4.78 is 0. The maximum absolute atomic E-state index is 11.8. The minimum Gasteiger partial charge on any atom is -0.480 e. The Labute approximate surface area is 225 Å². The van der Waals surface area contributed by atoms with E-state index in [1.807, 2.05) is 46.7 Å². The van der Waals surface area contributed by atoms with Crippen molar-refractivity contribution in [3.8, 4) is 5.40 Å². The molecule has 0 fully saturated rings. The number of benzene rings is 1. The zero-order valence-corrected chi connectivity index (χ0v) is 21.7. The van der Waals surface area contributed by atoms with E-state index in [9.17, 15) is 29.7 Å². The van der Waals surface area contributed by atoms with Crippen molar-refractivity contribution < 1.29 is 29.7 Å². The lowest BCUT2D eigenvalue weighted by Gasteiger charge is -2.35. The topological polar surface area (TPSA) is 158 Å². The highest BCUT2D eigenvalue weighted by Crippen LogP contribution is 2.20. The molecule has 1 unspecified atom stereocenters. The van der Waals surface area contributed by atoms with Crippen LogP contribution in [0.5, 0.6) is 0 Å². The summed E-state index contributed by atoms with van der Waals surface area (Å²) in [7, 11) is 0. The molecule has 1 aliphatic rings. The number of pyridine rings is 1. The average molecular weight is 542 g/mol. The van der Waals surface area contributed by atoms with Crippen LogP contribution in [0.3, 0.4) is 0 Å².